The molecule has 100 valence electrons. The van der Waals surface area contributed by atoms with Gasteiger partial charge in [-0.2, -0.15) is 11.8 Å². The molecular formula is C14H19BrFNS. The number of rotatable bonds is 5. The van der Waals surface area contributed by atoms with Crippen molar-refractivity contribution in [1.29, 1.82) is 0 Å². The number of halogens is 2. The van der Waals surface area contributed by atoms with Gasteiger partial charge < -0.3 is 5.32 Å². The molecular weight excluding hydrogens is 313 g/mol. The molecule has 0 heterocycles. The van der Waals surface area contributed by atoms with Gasteiger partial charge in [-0.25, -0.2) is 4.39 Å². The van der Waals surface area contributed by atoms with Gasteiger partial charge in [0.25, 0.3) is 0 Å². The van der Waals surface area contributed by atoms with Gasteiger partial charge in [-0.1, -0.05) is 25.0 Å². The van der Waals surface area contributed by atoms with Crippen LogP contribution in [-0.4, -0.2) is 17.5 Å². The Balaban J connectivity index is 1.90. The van der Waals surface area contributed by atoms with E-state index in [9.17, 15) is 4.39 Å². The Morgan fingerprint density at radius 1 is 1.39 bits per heavy atom. The molecule has 1 aliphatic rings. The third-order valence-electron chi connectivity index (χ3n) is 3.74. The summed E-state index contributed by atoms with van der Waals surface area (Å²) in [5.74, 6) is -0.185. The SMILES string of the molecule is CSC1(CNCc2cccc(F)c2Br)CCCC1. The highest BCUT2D eigenvalue weighted by Crippen LogP contribution is 2.39. The quantitative estimate of drug-likeness (QED) is 0.860. The van der Waals surface area contributed by atoms with Crippen molar-refractivity contribution in [3.8, 4) is 0 Å². The summed E-state index contributed by atoms with van der Waals surface area (Å²) in [5.41, 5.74) is 0.990. The van der Waals surface area contributed by atoms with Crippen molar-refractivity contribution in [1.82, 2.24) is 5.32 Å². The summed E-state index contributed by atoms with van der Waals surface area (Å²) in [6.45, 7) is 1.73. The van der Waals surface area contributed by atoms with Crippen LogP contribution in [0.25, 0.3) is 0 Å². The van der Waals surface area contributed by atoms with Crippen molar-refractivity contribution in [3.63, 3.8) is 0 Å². The van der Waals surface area contributed by atoms with Gasteiger partial charge >= 0.3 is 0 Å². The maximum Gasteiger partial charge on any atom is 0.137 e. The Hall–Kier alpha value is -0.0600. The molecule has 18 heavy (non-hydrogen) atoms. The molecule has 1 aromatic rings. The number of hydrogen-bond acceptors (Lipinski definition) is 2. The lowest BCUT2D eigenvalue weighted by Gasteiger charge is -2.27. The van der Waals surface area contributed by atoms with Gasteiger partial charge in [-0.3, -0.25) is 0 Å². The van der Waals surface area contributed by atoms with Crippen LogP contribution >= 0.6 is 27.7 Å². The fraction of sp³-hybridized carbons (Fsp3) is 0.571. The smallest absolute Gasteiger partial charge is 0.137 e. The fourth-order valence-electron chi connectivity index (χ4n) is 2.58. The zero-order chi connectivity index (χ0) is 13.0. The first-order chi connectivity index (χ1) is 8.67. The summed E-state index contributed by atoms with van der Waals surface area (Å²) in [5, 5.41) is 3.49. The Bertz CT molecular complexity index is 405. The maximum atomic E-state index is 13.4. The first-order valence-electron chi connectivity index (χ1n) is 6.36. The standard InChI is InChI=1S/C14H19BrFNS/c1-18-14(7-2-3-8-14)10-17-9-11-5-4-6-12(16)13(11)15/h4-6,17H,2-3,7-10H2,1H3. The van der Waals surface area contributed by atoms with E-state index < -0.39 is 0 Å². The fourth-order valence-corrected chi connectivity index (χ4v) is 3.93. The molecule has 2 rings (SSSR count). The summed E-state index contributed by atoms with van der Waals surface area (Å²) in [7, 11) is 0. The summed E-state index contributed by atoms with van der Waals surface area (Å²) in [4.78, 5) is 0. The highest BCUT2D eigenvalue weighted by molar-refractivity contribution is 9.10. The van der Waals surface area contributed by atoms with Crippen LogP contribution in [0.5, 0.6) is 0 Å². The average molecular weight is 332 g/mol. The Morgan fingerprint density at radius 3 is 2.78 bits per heavy atom. The van der Waals surface area contributed by atoms with E-state index >= 15 is 0 Å². The molecule has 0 spiro atoms. The minimum absolute atomic E-state index is 0.185. The molecule has 0 bridgehead atoms. The van der Waals surface area contributed by atoms with Crippen molar-refractivity contribution in [3.05, 3.63) is 34.1 Å². The van der Waals surface area contributed by atoms with Crippen molar-refractivity contribution in [2.75, 3.05) is 12.8 Å². The van der Waals surface area contributed by atoms with Crippen molar-refractivity contribution < 1.29 is 4.39 Å². The molecule has 1 aliphatic carbocycles. The average Bonchev–Trinajstić information content (AvgIpc) is 2.84. The van der Waals surface area contributed by atoms with E-state index in [1.807, 2.05) is 17.8 Å². The first kappa shape index (κ1) is 14.4. The number of hydrogen-bond donors (Lipinski definition) is 1. The second-order valence-electron chi connectivity index (χ2n) is 4.91. The number of thioether (sulfide) groups is 1. The summed E-state index contributed by atoms with van der Waals surface area (Å²) >= 11 is 5.28. The van der Waals surface area contributed by atoms with Gasteiger partial charge in [-0.15, -0.1) is 0 Å². The van der Waals surface area contributed by atoms with E-state index in [1.165, 1.54) is 31.7 Å². The monoisotopic (exact) mass is 331 g/mol. The molecule has 0 radical (unpaired) electrons. The number of nitrogens with one attached hydrogen (secondary N) is 1. The number of benzene rings is 1. The van der Waals surface area contributed by atoms with Crippen LogP contribution < -0.4 is 5.32 Å². The van der Waals surface area contributed by atoms with Gasteiger partial charge in [-0.05, 0) is 46.7 Å². The highest BCUT2D eigenvalue weighted by Gasteiger charge is 2.32. The van der Waals surface area contributed by atoms with E-state index in [-0.39, 0.29) is 5.82 Å². The Morgan fingerprint density at radius 2 is 2.11 bits per heavy atom. The van der Waals surface area contributed by atoms with E-state index in [1.54, 1.807) is 6.07 Å². The van der Waals surface area contributed by atoms with Crippen LogP contribution in [0.4, 0.5) is 4.39 Å². The molecule has 0 atom stereocenters. The second kappa shape index (κ2) is 6.40. The normalized spacial score (nSPS) is 18.2. The largest absolute Gasteiger partial charge is 0.311 e. The van der Waals surface area contributed by atoms with Crippen molar-refractivity contribution >= 4 is 27.7 Å². The predicted octanol–water partition coefficient (Wildman–Crippen LogP) is 4.35. The minimum Gasteiger partial charge on any atom is -0.311 e. The van der Waals surface area contributed by atoms with Crippen LogP contribution in [-0.2, 0) is 6.54 Å². The molecule has 4 heteroatoms. The molecule has 0 amide bonds. The van der Waals surface area contributed by atoms with Gasteiger partial charge in [0.2, 0.25) is 0 Å². The van der Waals surface area contributed by atoms with Crippen LogP contribution in [0, 0.1) is 5.82 Å². The lowest BCUT2D eigenvalue weighted by Crippen LogP contribution is -2.34. The van der Waals surface area contributed by atoms with Crippen LogP contribution in [0.1, 0.15) is 31.2 Å². The molecule has 1 fully saturated rings. The third kappa shape index (κ3) is 3.28. The van der Waals surface area contributed by atoms with Gasteiger partial charge in [0.05, 0.1) is 4.47 Å². The molecule has 0 saturated heterocycles. The topological polar surface area (TPSA) is 12.0 Å². The molecule has 1 saturated carbocycles. The molecule has 0 unspecified atom stereocenters. The molecule has 1 aromatic carbocycles. The zero-order valence-corrected chi connectivity index (χ0v) is 13.0. The molecule has 0 aliphatic heterocycles. The second-order valence-corrected chi connectivity index (χ2v) is 6.98. The predicted molar refractivity (Wildman–Crippen MR) is 80.5 cm³/mol. The molecule has 1 nitrogen and oxygen atoms in total. The third-order valence-corrected chi connectivity index (χ3v) is 6.05. The Kier molecular flexibility index (Phi) is 5.10. The van der Waals surface area contributed by atoms with Crippen LogP contribution in [0.3, 0.4) is 0 Å². The van der Waals surface area contributed by atoms with Gasteiger partial charge in [0.15, 0.2) is 0 Å². The lowest BCUT2D eigenvalue weighted by molar-refractivity contribution is 0.531. The van der Waals surface area contributed by atoms with Gasteiger partial charge in [0, 0.05) is 17.8 Å². The highest BCUT2D eigenvalue weighted by atomic mass is 79.9. The zero-order valence-electron chi connectivity index (χ0n) is 10.6. The molecule has 1 N–H and O–H groups in total. The Labute approximate surface area is 121 Å². The lowest BCUT2D eigenvalue weighted by atomic mass is 10.1. The first-order valence-corrected chi connectivity index (χ1v) is 8.37. The van der Waals surface area contributed by atoms with Crippen molar-refractivity contribution in [2.45, 2.75) is 37.0 Å². The van der Waals surface area contributed by atoms with E-state index in [4.69, 9.17) is 0 Å². The van der Waals surface area contributed by atoms with E-state index in [0.717, 1.165) is 18.7 Å². The van der Waals surface area contributed by atoms with Crippen LogP contribution in [0.15, 0.2) is 22.7 Å². The van der Waals surface area contributed by atoms with E-state index in [2.05, 4.69) is 27.5 Å². The summed E-state index contributed by atoms with van der Waals surface area (Å²) in [6, 6.07) is 5.20. The maximum absolute atomic E-state index is 13.4. The van der Waals surface area contributed by atoms with Gasteiger partial charge in [0.1, 0.15) is 5.82 Å². The van der Waals surface area contributed by atoms with E-state index in [0.29, 0.717) is 9.22 Å². The summed E-state index contributed by atoms with van der Waals surface area (Å²) in [6.07, 6.45) is 7.47. The minimum atomic E-state index is -0.185. The molecule has 0 aromatic heterocycles. The summed E-state index contributed by atoms with van der Waals surface area (Å²) < 4.78 is 14.4. The van der Waals surface area contributed by atoms with Crippen LogP contribution in [0.2, 0.25) is 0 Å². The van der Waals surface area contributed by atoms with Crippen molar-refractivity contribution in [2.24, 2.45) is 0 Å².